The number of rotatable bonds is 6. The number of hydrazone groups is 1. The Hall–Kier alpha value is -2.54. The SMILES string of the molecule is C=CCSc1n[nH]c(N/N=C/c2c[nH]c3ccccc23)n1. The van der Waals surface area contributed by atoms with Crippen molar-refractivity contribution >= 4 is 34.8 Å². The highest BCUT2D eigenvalue weighted by Crippen LogP contribution is 2.16. The first-order chi connectivity index (χ1) is 10.4. The molecule has 6 nitrogen and oxygen atoms in total. The molecular weight excluding hydrogens is 284 g/mol. The molecule has 0 radical (unpaired) electrons. The summed E-state index contributed by atoms with van der Waals surface area (Å²) in [5.41, 5.74) is 4.93. The highest BCUT2D eigenvalue weighted by Gasteiger charge is 2.02. The normalized spacial score (nSPS) is 11.2. The van der Waals surface area contributed by atoms with Gasteiger partial charge >= 0.3 is 0 Å². The molecule has 0 saturated carbocycles. The summed E-state index contributed by atoms with van der Waals surface area (Å²) in [7, 11) is 0. The number of thioether (sulfide) groups is 1. The Morgan fingerprint density at radius 1 is 1.38 bits per heavy atom. The summed E-state index contributed by atoms with van der Waals surface area (Å²) in [4.78, 5) is 7.44. The van der Waals surface area contributed by atoms with Gasteiger partial charge in [0, 0.05) is 28.4 Å². The predicted octanol–water partition coefficient (Wildman–Crippen LogP) is 3.01. The van der Waals surface area contributed by atoms with Gasteiger partial charge in [-0.3, -0.25) is 0 Å². The van der Waals surface area contributed by atoms with Crippen LogP contribution >= 0.6 is 11.8 Å². The topological polar surface area (TPSA) is 81.8 Å². The standard InChI is InChI=1S/C14H14N6S/c1-2-7-21-14-17-13(19-20-14)18-16-9-10-8-15-12-6-4-3-5-11(10)12/h2-6,8-9,15H,1,7H2,(H2,17,18,19,20)/b16-9+. The molecule has 0 bridgehead atoms. The van der Waals surface area contributed by atoms with E-state index < -0.39 is 0 Å². The van der Waals surface area contributed by atoms with Crippen molar-refractivity contribution in [1.29, 1.82) is 0 Å². The number of anilines is 1. The summed E-state index contributed by atoms with van der Waals surface area (Å²) in [6.07, 6.45) is 5.48. The van der Waals surface area contributed by atoms with E-state index >= 15 is 0 Å². The van der Waals surface area contributed by atoms with Crippen LogP contribution in [0.25, 0.3) is 10.9 Å². The summed E-state index contributed by atoms with van der Waals surface area (Å²) in [5.74, 6) is 1.29. The van der Waals surface area contributed by atoms with Gasteiger partial charge in [-0.25, -0.2) is 10.5 Å². The number of nitrogens with one attached hydrogen (secondary N) is 3. The van der Waals surface area contributed by atoms with E-state index in [4.69, 9.17) is 0 Å². The van der Waals surface area contributed by atoms with Gasteiger partial charge in [-0.1, -0.05) is 36.0 Å². The molecule has 0 atom stereocenters. The van der Waals surface area contributed by atoms with Crippen molar-refractivity contribution in [1.82, 2.24) is 20.2 Å². The van der Waals surface area contributed by atoms with Gasteiger partial charge in [0.25, 0.3) is 0 Å². The number of aromatic nitrogens is 4. The molecule has 21 heavy (non-hydrogen) atoms. The molecule has 7 heteroatoms. The van der Waals surface area contributed by atoms with Gasteiger partial charge in [0.2, 0.25) is 11.1 Å². The summed E-state index contributed by atoms with van der Waals surface area (Å²) in [5, 5.41) is 12.8. The lowest BCUT2D eigenvalue weighted by molar-refractivity contribution is 0.974. The van der Waals surface area contributed by atoms with Gasteiger partial charge in [-0.2, -0.15) is 10.1 Å². The van der Waals surface area contributed by atoms with E-state index in [0.29, 0.717) is 11.1 Å². The van der Waals surface area contributed by atoms with Crippen LogP contribution in [0.5, 0.6) is 0 Å². The number of nitrogens with zero attached hydrogens (tertiary/aromatic N) is 3. The van der Waals surface area contributed by atoms with Crippen molar-refractivity contribution in [2.45, 2.75) is 5.16 Å². The van der Waals surface area contributed by atoms with Crippen molar-refractivity contribution in [2.75, 3.05) is 11.2 Å². The van der Waals surface area contributed by atoms with Crippen LogP contribution in [0.15, 0.2) is 53.4 Å². The fraction of sp³-hybridized carbons (Fsp3) is 0.0714. The monoisotopic (exact) mass is 298 g/mol. The maximum atomic E-state index is 4.24. The van der Waals surface area contributed by atoms with E-state index in [1.54, 1.807) is 6.21 Å². The first-order valence-electron chi connectivity index (χ1n) is 6.38. The van der Waals surface area contributed by atoms with Crippen LogP contribution in [-0.2, 0) is 0 Å². The number of hydrogen-bond donors (Lipinski definition) is 3. The average molecular weight is 298 g/mol. The minimum atomic E-state index is 0.512. The highest BCUT2D eigenvalue weighted by molar-refractivity contribution is 7.99. The lowest BCUT2D eigenvalue weighted by Crippen LogP contribution is -1.92. The maximum absolute atomic E-state index is 4.24. The maximum Gasteiger partial charge on any atom is 0.240 e. The van der Waals surface area contributed by atoms with Crippen LogP contribution in [0.2, 0.25) is 0 Å². The van der Waals surface area contributed by atoms with Gasteiger partial charge in [0.05, 0.1) is 6.21 Å². The summed E-state index contributed by atoms with van der Waals surface area (Å²) in [6, 6.07) is 8.07. The fourth-order valence-electron chi connectivity index (χ4n) is 1.86. The van der Waals surface area contributed by atoms with Crippen molar-refractivity contribution in [3.05, 3.63) is 48.7 Å². The second-order valence-electron chi connectivity index (χ2n) is 4.23. The first kappa shape index (κ1) is 13.4. The summed E-state index contributed by atoms with van der Waals surface area (Å²) >= 11 is 1.51. The minimum Gasteiger partial charge on any atom is -0.361 e. The third kappa shape index (κ3) is 3.14. The Labute approximate surface area is 125 Å². The second-order valence-corrected chi connectivity index (χ2v) is 5.21. The molecule has 2 aromatic heterocycles. The second kappa shape index (κ2) is 6.27. The molecule has 0 spiro atoms. The highest BCUT2D eigenvalue weighted by atomic mass is 32.2. The predicted molar refractivity (Wildman–Crippen MR) is 86.8 cm³/mol. The average Bonchev–Trinajstić information content (AvgIpc) is 3.13. The van der Waals surface area contributed by atoms with Crippen LogP contribution in [0.3, 0.4) is 0 Å². The zero-order chi connectivity index (χ0) is 14.5. The van der Waals surface area contributed by atoms with Crippen molar-refractivity contribution in [2.24, 2.45) is 5.10 Å². The molecule has 0 aliphatic carbocycles. The molecule has 1 aromatic carbocycles. The van der Waals surface area contributed by atoms with Crippen LogP contribution in [0.1, 0.15) is 5.56 Å². The number of para-hydroxylation sites is 1. The quantitative estimate of drug-likeness (QED) is 0.283. The van der Waals surface area contributed by atoms with E-state index in [-0.39, 0.29) is 0 Å². The molecular formula is C14H14N6S. The zero-order valence-corrected chi connectivity index (χ0v) is 12.0. The van der Waals surface area contributed by atoms with Gasteiger partial charge < -0.3 is 4.98 Å². The number of aromatic amines is 2. The fourth-order valence-corrected chi connectivity index (χ4v) is 2.39. The zero-order valence-electron chi connectivity index (χ0n) is 11.2. The van der Waals surface area contributed by atoms with Gasteiger partial charge in [-0.05, 0) is 6.07 Å². The minimum absolute atomic E-state index is 0.512. The van der Waals surface area contributed by atoms with E-state index in [2.05, 4.69) is 37.3 Å². The van der Waals surface area contributed by atoms with E-state index in [0.717, 1.165) is 22.2 Å². The Kier molecular flexibility index (Phi) is 4.02. The molecule has 0 aliphatic rings. The lowest BCUT2D eigenvalue weighted by atomic mass is 10.2. The molecule has 3 N–H and O–H groups in total. The smallest absolute Gasteiger partial charge is 0.240 e. The molecule has 3 aromatic rings. The number of hydrogen-bond acceptors (Lipinski definition) is 5. The Morgan fingerprint density at radius 2 is 2.29 bits per heavy atom. The molecule has 106 valence electrons. The largest absolute Gasteiger partial charge is 0.361 e. The number of fused-ring (bicyclic) bond motifs is 1. The Bertz CT molecular complexity index is 772. The van der Waals surface area contributed by atoms with E-state index in [9.17, 15) is 0 Å². The molecule has 2 heterocycles. The van der Waals surface area contributed by atoms with Crippen LogP contribution in [0, 0.1) is 0 Å². The Morgan fingerprint density at radius 3 is 3.19 bits per heavy atom. The van der Waals surface area contributed by atoms with Crippen LogP contribution in [0.4, 0.5) is 5.95 Å². The van der Waals surface area contributed by atoms with Crippen molar-refractivity contribution in [3.8, 4) is 0 Å². The van der Waals surface area contributed by atoms with Gasteiger partial charge in [-0.15, -0.1) is 11.7 Å². The van der Waals surface area contributed by atoms with Gasteiger partial charge in [0.1, 0.15) is 0 Å². The molecule has 3 rings (SSSR count). The first-order valence-corrected chi connectivity index (χ1v) is 7.36. The molecule has 0 unspecified atom stereocenters. The van der Waals surface area contributed by atoms with Crippen LogP contribution < -0.4 is 5.43 Å². The molecule has 0 saturated heterocycles. The van der Waals surface area contributed by atoms with Gasteiger partial charge in [0.15, 0.2) is 0 Å². The molecule has 0 aliphatic heterocycles. The van der Waals surface area contributed by atoms with Crippen molar-refractivity contribution < 1.29 is 0 Å². The summed E-state index contributed by atoms with van der Waals surface area (Å²) < 4.78 is 0. The number of H-pyrrole nitrogens is 2. The number of benzene rings is 1. The van der Waals surface area contributed by atoms with E-state index in [1.807, 2.05) is 36.5 Å². The van der Waals surface area contributed by atoms with Crippen molar-refractivity contribution in [3.63, 3.8) is 0 Å². The third-order valence-corrected chi connectivity index (χ3v) is 3.63. The van der Waals surface area contributed by atoms with Crippen LogP contribution in [-0.4, -0.2) is 32.1 Å². The summed E-state index contributed by atoms with van der Waals surface area (Å²) in [6.45, 7) is 3.66. The third-order valence-electron chi connectivity index (χ3n) is 2.79. The molecule has 0 fully saturated rings. The molecule has 0 amide bonds. The van der Waals surface area contributed by atoms with E-state index in [1.165, 1.54) is 11.8 Å². The lowest BCUT2D eigenvalue weighted by Gasteiger charge is -1.93. The Balaban J connectivity index is 1.66.